The van der Waals surface area contributed by atoms with Gasteiger partial charge in [0, 0.05) is 20.1 Å². The van der Waals surface area contributed by atoms with Crippen molar-refractivity contribution in [1.29, 1.82) is 0 Å². The van der Waals surface area contributed by atoms with Gasteiger partial charge in [0.25, 0.3) is 10.0 Å². The number of hydrogen-bond donors (Lipinski definition) is 1. The Morgan fingerprint density at radius 2 is 2.10 bits per heavy atom. The predicted molar refractivity (Wildman–Crippen MR) is 82.5 cm³/mol. The largest absolute Gasteiger partial charge is 0.447 e. The molecule has 1 aromatic rings. The molecule has 1 aliphatic rings. The summed E-state index contributed by atoms with van der Waals surface area (Å²) in [5.74, 6) is 0.666. The highest BCUT2D eigenvalue weighted by atomic mass is 32.2. The van der Waals surface area contributed by atoms with E-state index in [1.54, 1.807) is 6.07 Å². The SMILES string of the molecule is CN(C)S(=O)(=O)c1ccc(CNC2CCCC(C)(C)C2)o1. The Balaban J connectivity index is 1.95. The summed E-state index contributed by atoms with van der Waals surface area (Å²) in [5.41, 5.74) is 0.387. The van der Waals surface area contributed by atoms with Crippen LogP contribution < -0.4 is 5.32 Å². The Labute approximate surface area is 127 Å². The summed E-state index contributed by atoms with van der Waals surface area (Å²) in [7, 11) is -0.479. The predicted octanol–water partition coefficient (Wildman–Crippen LogP) is 2.59. The molecule has 1 aromatic heterocycles. The zero-order chi connectivity index (χ0) is 15.7. The fourth-order valence-corrected chi connectivity index (χ4v) is 3.70. The van der Waals surface area contributed by atoms with E-state index in [9.17, 15) is 8.42 Å². The van der Waals surface area contributed by atoms with Crippen molar-refractivity contribution in [3.05, 3.63) is 17.9 Å². The highest BCUT2D eigenvalue weighted by Crippen LogP contribution is 2.35. The lowest BCUT2D eigenvalue weighted by atomic mass is 9.75. The maximum absolute atomic E-state index is 11.9. The van der Waals surface area contributed by atoms with E-state index in [-0.39, 0.29) is 5.09 Å². The van der Waals surface area contributed by atoms with Crippen molar-refractivity contribution >= 4 is 10.0 Å². The molecule has 0 radical (unpaired) electrons. The second-order valence-corrected chi connectivity index (χ2v) is 8.93. The molecule has 6 heteroatoms. The van der Waals surface area contributed by atoms with Crippen molar-refractivity contribution in [3.8, 4) is 0 Å². The Kier molecular flexibility index (Phi) is 4.80. The Morgan fingerprint density at radius 1 is 1.38 bits per heavy atom. The van der Waals surface area contributed by atoms with Gasteiger partial charge >= 0.3 is 0 Å². The van der Waals surface area contributed by atoms with Crippen molar-refractivity contribution in [2.75, 3.05) is 14.1 Å². The van der Waals surface area contributed by atoms with E-state index in [2.05, 4.69) is 19.2 Å². The molecule has 5 nitrogen and oxygen atoms in total. The average molecular weight is 314 g/mol. The highest BCUT2D eigenvalue weighted by molar-refractivity contribution is 7.88. The lowest BCUT2D eigenvalue weighted by Crippen LogP contribution is -2.36. The topological polar surface area (TPSA) is 62.6 Å². The van der Waals surface area contributed by atoms with Gasteiger partial charge in [-0.3, -0.25) is 0 Å². The molecule has 1 N–H and O–H groups in total. The van der Waals surface area contributed by atoms with E-state index in [1.807, 2.05) is 0 Å². The molecule has 0 aliphatic heterocycles. The molecule has 2 rings (SSSR count). The van der Waals surface area contributed by atoms with Gasteiger partial charge < -0.3 is 9.73 Å². The molecule has 1 fully saturated rings. The number of nitrogens with one attached hydrogen (secondary N) is 1. The van der Waals surface area contributed by atoms with Crippen molar-refractivity contribution in [3.63, 3.8) is 0 Å². The van der Waals surface area contributed by atoms with Crippen LogP contribution >= 0.6 is 0 Å². The smallest absolute Gasteiger partial charge is 0.275 e. The summed E-state index contributed by atoms with van der Waals surface area (Å²) >= 11 is 0. The Hall–Kier alpha value is -0.850. The van der Waals surface area contributed by atoms with Gasteiger partial charge in [-0.1, -0.05) is 20.3 Å². The minimum absolute atomic E-state index is 0.00766. The fourth-order valence-electron chi connectivity index (χ4n) is 2.89. The maximum Gasteiger partial charge on any atom is 0.275 e. The zero-order valence-corrected chi connectivity index (χ0v) is 14.2. The normalized spacial score (nSPS) is 22.6. The number of furan rings is 1. The molecule has 0 amide bonds. The maximum atomic E-state index is 11.9. The lowest BCUT2D eigenvalue weighted by Gasteiger charge is -2.35. The van der Waals surface area contributed by atoms with E-state index < -0.39 is 10.0 Å². The molecule has 0 aromatic carbocycles. The molecule has 1 aliphatic carbocycles. The molecule has 1 atom stereocenters. The first-order chi connectivity index (χ1) is 9.71. The molecule has 1 saturated carbocycles. The molecule has 1 heterocycles. The molecule has 1 unspecified atom stereocenters. The van der Waals surface area contributed by atoms with E-state index >= 15 is 0 Å². The zero-order valence-electron chi connectivity index (χ0n) is 13.3. The summed E-state index contributed by atoms with van der Waals surface area (Å²) in [6, 6.07) is 3.74. The summed E-state index contributed by atoms with van der Waals surface area (Å²) < 4.78 is 30.5. The third-order valence-corrected chi connectivity index (χ3v) is 5.83. The number of sulfonamides is 1. The van der Waals surface area contributed by atoms with Gasteiger partial charge in [0.1, 0.15) is 5.76 Å². The first-order valence-corrected chi connectivity index (χ1v) is 8.89. The van der Waals surface area contributed by atoms with Gasteiger partial charge in [-0.05, 0) is 36.8 Å². The van der Waals surface area contributed by atoms with Crippen molar-refractivity contribution in [2.45, 2.75) is 57.2 Å². The van der Waals surface area contributed by atoms with E-state index in [1.165, 1.54) is 39.4 Å². The van der Waals surface area contributed by atoms with Crippen molar-refractivity contribution in [2.24, 2.45) is 5.41 Å². The van der Waals surface area contributed by atoms with Crippen molar-refractivity contribution in [1.82, 2.24) is 9.62 Å². The van der Waals surface area contributed by atoms with Crippen molar-refractivity contribution < 1.29 is 12.8 Å². The van der Waals surface area contributed by atoms with Crippen LogP contribution in [0, 0.1) is 5.41 Å². The monoisotopic (exact) mass is 314 g/mol. The summed E-state index contributed by atoms with van der Waals surface area (Å²) in [4.78, 5) is 0. The summed E-state index contributed by atoms with van der Waals surface area (Å²) in [5, 5.41) is 3.49. The minimum Gasteiger partial charge on any atom is -0.447 e. The molecular weight excluding hydrogens is 288 g/mol. The van der Waals surface area contributed by atoms with Crippen LogP contribution in [-0.4, -0.2) is 32.9 Å². The van der Waals surface area contributed by atoms with Crippen LogP contribution in [0.3, 0.4) is 0 Å². The summed E-state index contributed by atoms with van der Waals surface area (Å²) in [6.45, 7) is 5.18. The molecule has 0 bridgehead atoms. The first kappa shape index (κ1) is 16.5. The van der Waals surface area contributed by atoms with Gasteiger partial charge in [-0.15, -0.1) is 0 Å². The molecule has 120 valence electrons. The van der Waals surface area contributed by atoms with Gasteiger partial charge in [0.15, 0.2) is 0 Å². The molecule has 0 saturated heterocycles. The van der Waals surface area contributed by atoms with Gasteiger partial charge in [-0.25, -0.2) is 12.7 Å². The Morgan fingerprint density at radius 3 is 2.71 bits per heavy atom. The third kappa shape index (κ3) is 4.08. The standard InChI is InChI=1S/C15H26N2O3S/c1-15(2)9-5-6-12(10-15)16-11-13-7-8-14(20-13)21(18,19)17(3)4/h7-8,12,16H,5-6,9-11H2,1-4H3. The van der Waals surface area contributed by atoms with Gasteiger partial charge in [0.2, 0.25) is 5.09 Å². The van der Waals surface area contributed by atoms with Crippen LogP contribution in [0.4, 0.5) is 0 Å². The summed E-state index contributed by atoms with van der Waals surface area (Å²) in [6.07, 6.45) is 4.84. The lowest BCUT2D eigenvalue weighted by molar-refractivity contribution is 0.195. The number of rotatable bonds is 5. The van der Waals surface area contributed by atoms with Gasteiger partial charge in [-0.2, -0.15) is 0 Å². The van der Waals surface area contributed by atoms with E-state index in [0.29, 0.717) is 23.8 Å². The molecular formula is C15H26N2O3S. The Bertz CT molecular complexity index is 575. The first-order valence-electron chi connectivity index (χ1n) is 7.45. The van der Waals surface area contributed by atoms with Crippen LogP contribution in [0.25, 0.3) is 0 Å². The third-order valence-electron chi connectivity index (χ3n) is 4.14. The average Bonchev–Trinajstić information content (AvgIpc) is 2.84. The second-order valence-electron chi connectivity index (χ2n) is 6.85. The van der Waals surface area contributed by atoms with Crippen LogP contribution in [0.15, 0.2) is 21.6 Å². The second kappa shape index (κ2) is 6.10. The van der Waals surface area contributed by atoms with Crippen LogP contribution in [0.2, 0.25) is 0 Å². The number of hydrogen-bond acceptors (Lipinski definition) is 4. The van der Waals surface area contributed by atoms with Gasteiger partial charge in [0.05, 0.1) is 6.54 Å². The quantitative estimate of drug-likeness (QED) is 0.907. The van der Waals surface area contributed by atoms with E-state index in [4.69, 9.17) is 4.42 Å². The highest BCUT2D eigenvalue weighted by Gasteiger charge is 2.28. The van der Waals surface area contributed by atoms with E-state index in [0.717, 1.165) is 10.7 Å². The number of nitrogens with zero attached hydrogens (tertiary/aromatic N) is 1. The fraction of sp³-hybridized carbons (Fsp3) is 0.733. The van der Waals surface area contributed by atoms with Crippen LogP contribution in [0.1, 0.15) is 45.3 Å². The van der Waals surface area contributed by atoms with Crippen LogP contribution in [-0.2, 0) is 16.6 Å². The molecule has 0 spiro atoms. The minimum atomic E-state index is -3.48. The molecule has 21 heavy (non-hydrogen) atoms. The van der Waals surface area contributed by atoms with Crippen LogP contribution in [0.5, 0.6) is 0 Å².